The molecule has 2 heterocycles. The van der Waals surface area contributed by atoms with Crippen LogP contribution in [0.25, 0.3) is 0 Å². The summed E-state index contributed by atoms with van der Waals surface area (Å²) in [6, 6.07) is 3.50. The molecule has 0 amide bonds. The van der Waals surface area contributed by atoms with E-state index in [1.54, 1.807) is 70.8 Å². The second-order valence-electron chi connectivity index (χ2n) is 6.41. The fourth-order valence-electron chi connectivity index (χ4n) is 3.44. The van der Waals surface area contributed by atoms with Crippen LogP contribution < -0.4 is 14.2 Å². The van der Waals surface area contributed by atoms with E-state index in [1.165, 1.54) is 4.31 Å². The SMILES string of the molecule is COc1cc(OC)c(C2SCCN2S(=O)(=O)c2c(C)nn(C)c2C)cc1OC. The highest BCUT2D eigenvalue weighted by Gasteiger charge is 2.41. The summed E-state index contributed by atoms with van der Waals surface area (Å²) in [4.78, 5) is 0.266. The van der Waals surface area contributed by atoms with Crippen molar-refractivity contribution in [2.24, 2.45) is 7.05 Å². The minimum atomic E-state index is -3.74. The Morgan fingerprint density at radius 2 is 1.68 bits per heavy atom. The summed E-state index contributed by atoms with van der Waals surface area (Å²) >= 11 is 1.55. The predicted octanol–water partition coefficient (Wildman–Crippen LogP) is 2.50. The van der Waals surface area contributed by atoms with E-state index in [0.29, 0.717) is 40.9 Å². The van der Waals surface area contributed by atoms with Crippen molar-refractivity contribution < 1.29 is 22.6 Å². The van der Waals surface area contributed by atoms with Gasteiger partial charge in [0.1, 0.15) is 10.6 Å². The van der Waals surface area contributed by atoms with Crippen molar-refractivity contribution in [3.63, 3.8) is 0 Å². The van der Waals surface area contributed by atoms with Gasteiger partial charge in [-0.1, -0.05) is 0 Å². The number of aromatic nitrogens is 2. The van der Waals surface area contributed by atoms with E-state index in [1.807, 2.05) is 0 Å². The first-order valence-corrected chi connectivity index (χ1v) is 11.2. The molecule has 0 bridgehead atoms. The monoisotopic (exact) mass is 427 g/mol. The molecule has 1 aliphatic heterocycles. The van der Waals surface area contributed by atoms with Crippen molar-refractivity contribution in [2.75, 3.05) is 33.6 Å². The van der Waals surface area contributed by atoms with Crippen LogP contribution in [0.5, 0.6) is 17.2 Å². The summed E-state index contributed by atoms with van der Waals surface area (Å²) in [5, 5.41) is 3.84. The number of hydrogen-bond donors (Lipinski definition) is 0. The van der Waals surface area contributed by atoms with Gasteiger partial charge in [-0.3, -0.25) is 4.68 Å². The van der Waals surface area contributed by atoms with Gasteiger partial charge < -0.3 is 14.2 Å². The molecule has 1 fully saturated rings. The van der Waals surface area contributed by atoms with Crippen LogP contribution in [-0.2, 0) is 17.1 Å². The van der Waals surface area contributed by atoms with Crippen LogP contribution in [0.15, 0.2) is 17.0 Å². The van der Waals surface area contributed by atoms with Gasteiger partial charge in [-0.05, 0) is 19.9 Å². The summed E-state index contributed by atoms with van der Waals surface area (Å²) < 4.78 is 46.4. The molecule has 0 spiro atoms. The van der Waals surface area contributed by atoms with Gasteiger partial charge in [0.05, 0.1) is 38.1 Å². The maximum absolute atomic E-state index is 13.5. The lowest BCUT2D eigenvalue weighted by Crippen LogP contribution is -2.31. The molecule has 3 rings (SSSR count). The second-order valence-corrected chi connectivity index (χ2v) is 9.43. The van der Waals surface area contributed by atoms with Crippen LogP contribution in [0, 0.1) is 13.8 Å². The molecule has 0 radical (unpaired) electrons. The minimum absolute atomic E-state index is 0.266. The number of benzene rings is 1. The molecule has 0 saturated carbocycles. The van der Waals surface area contributed by atoms with Crippen LogP contribution in [0.2, 0.25) is 0 Å². The van der Waals surface area contributed by atoms with E-state index >= 15 is 0 Å². The molecule has 1 aliphatic rings. The van der Waals surface area contributed by atoms with Gasteiger partial charge in [0.15, 0.2) is 11.5 Å². The number of rotatable bonds is 6. The van der Waals surface area contributed by atoms with E-state index in [9.17, 15) is 8.42 Å². The highest BCUT2D eigenvalue weighted by Crippen LogP contribution is 2.48. The highest BCUT2D eigenvalue weighted by atomic mass is 32.2. The van der Waals surface area contributed by atoms with E-state index in [4.69, 9.17) is 14.2 Å². The zero-order valence-electron chi connectivity index (χ0n) is 16.8. The fourth-order valence-corrected chi connectivity index (χ4v) is 7.09. The Kier molecular flexibility index (Phi) is 5.83. The minimum Gasteiger partial charge on any atom is -0.496 e. The first-order valence-electron chi connectivity index (χ1n) is 8.69. The van der Waals surface area contributed by atoms with Crippen LogP contribution >= 0.6 is 11.8 Å². The average molecular weight is 428 g/mol. The lowest BCUT2D eigenvalue weighted by molar-refractivity contribution is 0.344. The number of thioether (sulfide) groups is 1. The van der Waals surface area contributed by atoms with Gasteiger partial charge in [-0.2, -0.15) is 9.40 Å². The molecular formula is C18H25N3O5S2. The maximum Gasteiger partial charge on any atom is 0.248 e. The third-order valence-corrected chi connectivity index (χ3v) is 8.35. The number of nitrogens with zero attached hydrogens (tertiary/aromatic N) is 3. The number of methoxy groups -OCH3 is 3. The topological polar surface area (TPSA) is 82.9 Å². The molecule has 1 aromatic carbocycles. The fraction of sp³-hybridized carbons (Fsp3) is 0.500. The van der Waals surface area contributed by atoms with E-state index < -0.39 is 15.4 Å². The molecule has 1 saturated heterocycles. The molecule has 2 aromatic rings. The predicted molar refractivity (Wildman–Crippen MR) is 108 cm³/mol. The second kappa shape index (κ2) is 7.84. The van der Waals surface area contributed by atoms with Crippen molar-refractivity contribution in [3.8, 4) is 17.2 Å². The quantitative estimate of drug-likeness (QED) is 0.700. The lowest BCUT2D eigenvalue weighted by Gasteiger charge is -2.25. The van der Waals surface area contributed by atoms with Crippen LogP contribution in [0.3, 0.4) is 0 Å². The third kappa shape index (κ3) is 3.33. The summed E-state index contributed by atoms with van der Waals surface area (Å²) in [6.07, 6.45) is 0. The Bertz CT molecular complexity index is 988. The normalized spacial score (nSPS) is 17.7. The van der Waals surface area contributed by atoms with Crippen LogP contribution in [-0.4, -0.2) is 56.1 Å². The first kappa shape index (κ1) is 20.8. The van der Waals surface area contributed by atoms with E-state index in [-0.39, 0.29) is 4.90 Å². The van der Waals surface area contributed by atoms with Gasteiger partial charge in [0.25, 0.3) is 0 Å². The average Bonchev–Trinajstić information content (AvgIpc) is 3.25. The van der Waals surface area contributed by atoms with Crippen molar-refractivity contribution in [1.29, 1.82) is 0 Å². The molecular weight excluding hydrogens is 402 g/mol. The van der Waals surface area contributed by atoms with E-state index in [2.05, 4.69) is 5.10 Å². The zero-order chi connectivity index (χ0) is 20.6. The number of sulfonamides is 1. The summed E-state index contributed by atoms with van der Waals surface area (Å²) in [7, 11) is 2.66. The third-order valence-electron chi connectivity index (χ3n) is 4.86. The first-order chi connectivity index (χ1) is 13.3. The Balaban J connectivity index is 2.11. The van der Waals surface area contributed by atoms with Gasteiger partial charge in [-0.25, -0.2) is 8.42 Å². The Labute approximate surface area is 169 Å². The molecule has 1 atom stereocenters. The maximum atomic E-state index is 13.5. The Morgan fingerprint density at radius 3 is 2.21 bits per heavy atom. The van der Waals surface area contributed by atoms with Crippen molar-refractivity contribution in [2.45, 2.75) is 24.1 Å². The zero-order valence-corrected chi connectivity index (χ0v) is 18.5. The van der Waals surface area contributed by atoms with Gasteiger partial charge in [-0.15, -0.1) is 11.8 Å². The molecule has 154 valence electrons. The standard InChI is InChI=1S/C18H25N3O5S2/c1-11-17(12(2)20(3)19-11)28(22,23)21-7-8-27-18(21)13-9-15(25-5)16(26-6)10-14(13)24-4/h9-10,18H,7-8H2,1-6H3. The largest absolute Gasteiger partial charge is 0.496 e. The Hall–Kier alpha value is -1.91. The molecule has 1 unspecified atom stereocenters. The molecule has 8 nitrogen and oxygen atoms in total. The van der Waals surface area contributed by atoms with Crippen molar-refractivity contribution >= 4 is 21.8 Å². The van der Waals surface area contributed by atoms with Crippen LogP contribution in [0.1, 0.15) is 22.3 Å². The van der Waals surface area contributed by atoms with Crippen LogP contribution in [0.4, 0.5) is 0 Å². The summed E-state index contributed by atoms with van der Waals surface area (Å²) in [5.74, 6) is 2.29. The highest BCUT2D eigenvalue weighted by molar-refractivity contribution is 8.01. The Morgan fingerprint density at radius 1 is 1.07 bits per heavy atom. The molecule has 1 aromatic heterocycles. The molecule has 28 heavy (non-hydrogen) atoms. The molecule has 10 heteroatoms. The van der Waals surface area contributed by atoms with Crippen molar-refractivity contribution in [1.82, 2.24) is 14.1 Å². The smallest absolute Gasteiger partial charge is 0.248 e. The van der Waals surface area contributed by atoms with Gasteiger partial charge in [0, 0.05) is 31.0 Å². The summed E-state index contributed by atoms with van der Waals surface area (Å²) in [5.41, 5.74) is 1.84. The van der Waals surface area contributed by atoms with Gasteiger partial charge >= 0.3 is 0 Å². The summed E-state index contributed by atoms with van der Waals surface area (Å²) in [6.45, 7) is 3.89. The molecule has 0 N–H and O–H groups in total. The molecule has 0 aliphatic carbocycles. The number of hydrogen-bond acceptors (Lipinski definition) is 7. The van der Waals surface area contributed by atoms with Crippen molar-refractivity contribution in [3.05, 3.63) is 29.1 Å². The van der Waals surface area contributed by atoms with E-state index in [0.717, 1.165) is 5.56 Å². The van der Waals surface area contributed by atoms with Gasteiger partial charge in [0.2, 0.25) is 10.0 Å². The lowest BCUT2D eigenvalue weighted by atomic mass is 10.1. The number of aryl methyl sites for hydroxylation is 2. The number of ether oxygens (including phenoxy) is 3.